The minimum Gasteiger partial charge on any atom is -0.304 e. The lowest BCUT2D eigenvalue weighted by Crippen LogP contribution is -2.44. The number of nitrogens with zero attached hydrogens (tertiary/aromatic N) is 1. The van der Waals surface area contributed by atoms with Crippen molar-refractivity contribution in [2.24, 2.45) is 5.92 Å². The van der Waals surface area contributed by atoms with Gasteiger partial charge in [0.25, 0.3) is 0 Å². The maximum Gasteiger partial charge on any atom is 0.230 e. The van der Waals surface area contributed by atoms with Crippen LogP contribution in [-0.4, -0.2) is 26.1 Å². The molecule has 24 heavy (non-hydrogen) atoms. The monoisotopic (exact) mass is 347 g/mol. The Balaban J connectivity index is 1.92. The zero-order valence-electron chi connectivity index (χ0n) is 14.3. The minimum absolute atomic E-state index is 0.0165. The number of carbonyl (C=O) groups is 1. The Morgan fingerprint density at radius 2 is 1.75 bits per heavy atom. The number of benzene rings is 1. The molecule has 4 nitrogen and oxygen atoms in total. The zero-order chi connectivity index (χ0) is 17.3. The molecular weight excluding hydrogens is 322 g/mol. The maximum atomic E-state index is 13.1. The highest BCUT2D eigenvalue weighted by atomic mass is 32.2. The standard InChI is InChI=1S/C19H25NO3S/c1-14(2)15-7-9-17(10-8-15)20(18-11-12-24(22,23)13-18)19(21)16-5-3-4-6-16/h7-12,14,16,18H,3-6,13H2,1-2H3. The third-order valence-electron chi connectivity index (χ3n) is 5.02. The Bertz CT molecular complexity index is 728. The van der Waals surface area contributed by atoms with Gasteiger partial charge in [0.2, 0.25) is 5.91 Å². The molecule has 1 saturated carbocycles. The summed E-state index contributed by atoms with van der Waals surface area (Å²) in [5.74, 6) is 0.491. The molecule has 1 unspecified atom stereocenters. The molecule has 1 aliphatic carbocycles. The molecule has 1 aromatic rings. The Kier molecular flexibility index (Phi) is 4.81. The molecule has 0 saturated heterocycles. The average molecular weight is 347 g/mol. The van der Waals surface area contributed by atoms with E-state index in [1.54, 1.807) is 11.0 Å². The van der Waals surface area contributed by atoms with Crippen molar-refractivity contribution >= 4 is 21.4 Å². The highest BCUT2D eigenvalue weighted by Gasteiger charge is 2.35. The van der Waals surface area contributed by atoms with Crippen LogP contribution >= 0.6 is 0 Å². The van der Waals surface area contributed by atoms with Crippen molar-refractivity contribution in [2.75, 3.05) is 10.7 Å². The summed E-state index contributed by atoms with van der Waals surface area (Å²) in [5, 5.41) is 1.25. The van der Waals surface area contributed by atoms with Crippen molar-refractivity contribution in [1.29, 1.82) is 0 Å². The summed E-state index contributed by atoms with van der Waals surface area (Å²) < 4.78 is 23.7. The minimum atomic E-state index is -3.20. The second-order valence-electron chi connectivity index (χ2n) is 7.16. The smallest absolute Gasteiger partial charge is 0.230 e. The van der Waals surface area contributed by atoms with Crippen LogP contribution in [0.5, 0.6) is 0 Å². The largest absolute Gasteiger partial charge is 0.304 e. The summed E-state index contributed by atoms with van der Waals surface area (Å²) in [6.07, 6.45) is 5.62. The molecule has 0 radical (unpaired) electrons. The lowest BCUT2D eigenvalue weighted by Gasteiger charge is -2.30. The predicted molar refractivity (Wildman–Crippen MR) is 96.7 cm³/mol. The summed E-state index contributed by atoms with van der Waals surface area (Å²) in [7, 11) is -3.20. The molecule has 1 aromatic carbocycles. The van der Waals surface area contributed by atoms with Gasteiger partial charge in [-0.05, 0) is 42.5 Å². The van der Waals surface area contributed by atoms with Crippen molar-refractivity contribution in [1.82, 2.24) is 0 Å². The molecule has 0 N–H and O–H groups in total. The first kappa shape index (κ1) is 17.2. The van der Waals surface area contributed by atoms with Crippen molar-refractivity contribution in [3.63, 3.8) is 0 Å². The topological polar surface area (TPSA) is 54.5 Å². The maximum absolute atomic E-state index is 13.1. The van der Waals surface area contributed by atoms with Gasteiger partial charge >= 0.3 is 0 Å². The second kappa shape index (κ2) is 6.71. The van der Waals surface area contributed by atoms with Crippen LogP contribution in [0, 0.1) is 5.92 Å². The molecule has 1 heterocycles. The number of hydrogen-bond acceptors (Lipinski definition) is 3. The fraction of sp³-hybridized carbons (Fsp3) is 0.526. The van der Waals surface area contributed by atoms with E-state index in [1.807, 2.05) is 24.3 Å². The Morgan fingerprint density at radius 3 is 2.25 bits per heavy atom. The number of rotatable bonds is 4. The van der Waals surface area contributed by atoms with Crippen LogP contribution in [0.3, 0.4) is 0 Å². The summed E-state index contributed by atoms with van der Waals surface area (Å²) in [5.41, 5.74) is 2.00. The molecule has 1 fully saturated rings. The van der Waals surface area contributed by atoms with E-state index >= 15 is 0 Å². The van der Waals surface area contributed by atoms with Gasteiger partial charge in [0.1, 0.15) is 0 Å². The predicted octanol–water partition coefficient (Wildman–Crippen LogP) is 3.64. The molecule has 130 valence electrons. The quantitative estimate of drug-likeness (QED) is 0.835. The fourth-order valence-electron chi connectivity index (χ4n) is 3.59. The molecule has 1 amide bonds. The van der Waals surface area contributed by atoms with Crippen LogP contribution in [-0.2, 0) is 14.6 Å². The number of amides is 1. The summed E-state index contributed by atoms with van der Waals surface area (Å²) >= 11 is 0. The van der Waals surface area contributed by atoms with E-state index in [4.69, 9.17) is 0 Å². The number of carbonyl (C=O) groups excluding carboxylic acids is 1. The normalized spacial score (nSPS) is 23.0. The molecule has 0 aromatic heterocycles. The molecule has 2 aliphatic rings. The zero-order valence-corrected chi connectivity index (χ0v) is 15.1. The van der Waals surface area contributed by atoms with Gasteiger partial charge in [-0.1, -0.05) is 38.8 Å². The molecule has 0 bridgehead atoms. The van der Waals surface area contributed by atoms with E-state index in [0.29, 0.717) is 5.92 Å². The first-order valence-corrected chi connectivity index (χ1v) is 10.4. The van der Waals surface area contributed by atoms with Gasteiger partial charge in [-0.3, -0.25) is 4.79 Å². The molecule has 0 spiro atoms. The van der Waals surface area contributed by atoms with E-state index in [1.165, 1.54) is 11.0 Å². The van der Waals surface area contributed by atoms with Crippen LogP contribution in [0.2, 0.25) is 0 Å². The molecule has 1 aliphatic heterocycles. The van der Waals surface area contributed by atoms with Gasteiger partial charge in [-0.25, -0.2) is 8.42 Å². The van der Waals surface area contributed by atoms with Crippen LogP contribution < -0.4 is 4.90 Å². The van der Waals surface area contributed by atoms with Gasteiger partial charge in [0.15, 0.2) is 9.84 Å². The van der Waals surface area contributed by atoms with Crippen molar-refractivity contribution < 1.29 is 13.2 Å². The second-order valence-corrected chi connectivity index (χ2v) is 9.09. The van der Waals surface area contributed by atoms with Crippen molar-refractivity contribution in [3.05, 3.63) is 41.3 Å². The van der Waals surface area contributed by atoms with E-state index in [9.17, 15) is 13.2 Å². The highest BCUT2D eigenvalue weighted by Crippen LogP contribution is 2.32. The van der Waals surface area contributed by atoms with Crippen LogP contribution in [0.4, 0.5) is 5.69 Å². The van der Waals surface area contributed by atoms with E-state index in [2.05, 4.69) is 13.8 Å². The summed E-state index contributed by atoms with van der Waals surface area (Å²) in [6.45, 7) is 4.26. The van der Waals surface area contributed by atoms with Crippen molar-refractivity contribution in [2.45, 2.75) is 51.5 Å². The van der Waals surface area contributed by atoms with Crippen LogP contribution in [0.25, 0.3) is 0 Å². The lowest BCUT2D eigenvalue weighted by molar-refractivity contribution is -0.122. The third kappa shape index (κ3) is 3.56. The Hall–Kier alpha value is -1.62. The SMILES string of the molecule is CC(C)c1ccc(N(C(=O)C2CCCC2)C2C=CS(=O)(=O)C2)cc1. The number of hydrogen-bond donors (Lipinski definition) is 0. The van der Waals surface area contributed by atoms with Crippen LogP contribution in [0.1, 0.15) is 51.0 Å². The molecule has 3 rings (SSSR count). The van der Waals surface area contributed by atoms with E-state index < -0.39 is 15.9 Å². The molecular formula is C19H25NO3S. The summed E-state index contributed by atoms with van der Waals surface area (Å²) in [6, 6.07) is 7.56. The summed E-state index contributed by atoms with van der Waals surface area (Å²) in [4.78, 5) is 14.8. The number of anilines is 1. The Morgan fingerprint density at radius 1 is 1.12 bits per heavy atom. The fourth-order valence-corrected chi connectivity index (χ4v) is 4.86. The van der Waals surface area contributed by atoms with Gasteiger partial charge < -0.3 is 4.90 Å². The van der Waals surface area contributed by atoms with Crippen molar-refractivity contribution in [3.8, 4) is 0 Å². The van der Waals surface area contributed by atoms with Gasteiger partial charge in [-0.15, -0.1) is 0 Å². The first-order valence-electron chi connectivity index (χ1n) is 8.71. The third-order valence-corrected chi connectivity index (χ3v) is 6.40. The van der Waals surface area contributed by atoms with Crippen LogP contribution in [0.15, 0.2) is 35.7 Å². The van der Waals surface area contributed by atoms with Gasteiger partial charge in [0.05, 0.1) is 11.8 Å². The Labute approximate surface area is 144 Å². The van der Waals surface area contributed by atoms with E-state index in [0.717, 1.165) is 31.4 Å². The highest BCUT2D eigenvalue weighted by molar-refractivity contribution is 7.94. The number of sulfone groups is 1. The van der Waals surface area contributed by atoms with Gasteiger partial charge in [0, 0.05) is 17.0 Å². The van der Waals surface area contributed by atoms with E-state index in [-0.39, 0.29) is 17.6 Å². The average Bonchev–Trinajstić information content (AvgIpc) is 3.18. The molecule has 5 heteroatoms. The lowest BCUT2D eigenvalue weighted by atomic mass is 10.0. The molecule has 1 atom stereocenters. The first-order chi connectivity index (χ1) is 11.4. The van der Waals surface area contributed by atoms with Gasteiger partial charge in [-0.2, -0.15) is 0 Å².